The van der Waals surface area contributed by atoms with Gasteiger partial charge in [0.05, 0.1) is 30.2 Å². The van der Waals surface area contributed by atoms with Gasteiger partial charge in [0.2, 0.25) is 0 Å². The van der Waals surface area contributed by atoms with Crippen molar-refractivity contribution in [2.24, 2.45) is 0 Å². The quantitative estimate of drug-likeness (QED) is 0.265. The molecule has 34 heavy (non-hydrogen) atoms. The van der Waals surface area contributed by atoms with E-state index in [1.165, 1.54) is 11.1 Å². The van der Waals surface area contributed by atoms with Gasteiger partial charge < -0.3 is 10.6 Å². The molecule has 0 aliphatic heterocycles. The molecule has 0 spiro atoms. The second kappa shape index (κ2) is 10.4. The predicted molar refractivity (Wildman–Crippen MR) is 145 cm³/mol. The molecule has 0 bridgehead atoms. The number of hydrogen-bond donors (Lipinski definition) is 2. The van der Waals surface area contributed by atoms with Crippen LogP contribution in [0, 0.1) is 20.8 Å². The molecule has 0 saturated carbocycles. The van der Waals surface area contributed by atoms with Gasteiger partial charge >= 0.3 is 0 Å². The summed E-state index contributed by atoms with van der Waals surface area (Å²) in [7, 11) is 0. The normalized spacial score (nSPS) is 11.0. The SMILES string of the molecule is Cc1ccc(Cn2nc(C)c(NC(=S)Nc3nn(Cc4c(Cl)cccc4Cl)cc3Cl)c2C)cc1. The molecule has 0 saturated heterocycles. The molecule has 6 nitrogen and oxygen atoms in total. The van der Waals surface area contributed by atoms with Crippen molar-refractivity contribution in [3.8, 4) is 0 Å². The smallest absolute Gasteiger partial charge is 0.176 e. The van der Waals surface area contributed by atoms with Gasteiger partial charge in [-0.05, 0) is 50.7 Å². The maximum Gasteiger partial charge on any atom is 0.176 e. The van der Waals surface area contributed by atoms with Crippen molar-refractivity contribution in [3.05, 3.63) is 91.8 Å². The Labute approximate surface area is 218 Å². The third kappa shape index (κ3) is 5.55. The highest BCUT2D eigenvalue weighted by molar-refractivity contribution is 7.80. The van der Waals surface area contributed by atoms with E-state index in [0.29, 0.717) is 39.1 Å². The number of nitrogens with zero attached hydrogens (tertiary/aromatic N) is 4. The first-order valence-corrected chi connectivity index (χ1v) is 12.1. The zero-order chi connectivity index (χ0) is 24.4. The molecule has 0 radical (unpaired) electrons. The summed E-state index contributed by atoms with van der Waals surface area (Å²) >= 11 is 24.5. The van der Waals surface area contributed by atoms with Gasteiger partial charge in [-0.15, -0.1) is 0 Å². The van der Waals surface area contributed by atoms with Crippen LogP contribution >= 0.6 is 47.0 Å². The standard InChI is InChI=1S/C24H23Cl3N6S/c1-14-7-9-17(10-8-14)11-33-16(3)22(15(2)30-33)28-24(34)29-23-21(27)13-32(31-23)12-18-19(25)5-4-6-20(18)26/h4-10,13H,11-12H2,1-3H3,(H2,28,29,31,34). The number of thiocarbonyl (C=S) groups is 1. The Balaban J connectivity index is 1.45. The number of benzene rings is 2. The van der Waals surface area contributed by atoms with Crippen molar-refractivity contribution in [3.63, 3.8) is 0 Å². The Bertz CT molecular complexity index is 1320. The number of rotatable bonds is 6. The molecule has 176 valence electrons. The maximum absolute atomic E-state index is 6.39. The minimum Gasteiger partial charge on any atom is -0.329 e. The molecule has 0 amide bonds. The lowest BCUT2D eigenvalue weighted by atomic mass is 10.1. The van der Waals surface area contributed by atoms with Gasteiger partial charge in [0.1, 0.15) is 5.02 Å². The minimum absolute atomic E-state index is 0.365. The zero-order valence-corrected chi connectivity index (χ0v) is 21.9. The molecule has 2 N–H and O–H groups in total. The molecule has 4 aromatic rings. The van der Waals surface area contributed by atoms with Crippen LogP contribution < -0.4 is 10.6 Å². The molecule has 2 aromatic heterocycles. The lowest BCUT2D eigenvalue weighted by Gasteiger charge is -2.10. The molecule has 0 fully saturated rings. The number of aryl methyl sites for hydroxylation is 2. The van der Waals surface area contributed by atoms with Gasteiger partial charge in [0.25, 0.3) is 0 Å². The van der Waals surface area contributed by atoms with Crippen LogP contribution in [0.3, 0.4) is 0 Å². The Hall–Kier alpha value is -2.58. The van der Waals surface area contributed by atoms with Crippen LogP contribution in [0.4, 0.5) is 11.5 Å². The van der Waals surface area contributed by atoms with Crippen LogP contribution in [-0.4, -0.2) is 24.7 Å². The molecule has 2 aromatic carbocycles. The van der Waals surface area contributed by atoms with Crippen LogP contribution in [0.1, 0.15) is 28.1 Å². The number of nitrogens with one attached hydrogen (secondary N) is 2. The fourth-order valence-electron chi connectivity index (χ4n) is 3.56. The Kier molecular flexibility index (Phi) is 7.48. The van der Waals surface area contributed by atoms with Crippen LogP contribution in [0.15, 0.2) is 48.7 Å². The van der Waals surface area contributed by atoms with Crippen LogP contribution in [0.2, 0.25) is 15.1 Å². The first kappa shape index (κ1) is 24.5. The van der Waals surface area contributed by atoms with Crippen molar-refractivity contribution in [1.29, 1.82) is 0 Å². The largest absolute Gasteiger partial charge is 0.329 e. The van der Waals surface area contributed by atoms with Gasteiger partial charge in [0.15, 0.2) is 10.9 Å². The zero-order valence-electron chi connectivity index (χ0n) is 18.9. The van der Waals surface area contributed by atoms with E-state index in [0.717, 1.165) is 22.6 Å². The molecule has 2 heterocycles. The summed E-state index contributed by atoms with van der Waals surface area (Å²) < 4.78 is 3.62. The first-order valence-electron chi connectivity index (χ1n) is 10.5. The Morgan fingerprint density at radius 2 is 1.56 bits per heavy atom. The summed E-state index contributed by atoms with van der Waals surface area (Å²) in [6.45, 7) is 7.08. The van der Waals surface area contributed by atoms with Crippen molar-refractivity contribution < 1.29 is 0 Å². The van der Waals surface area contributed by atoms with Gasteiger partial charge in [-0.1, -0.05) is 70.7 Å². The van der Waals surface area contributed by atoms with E-state index >= 15 is 0 Å². The van der Waals surface area contributed by atoms with E-state index in [2.05, 4.69) is 52.0 Å². The van der Waals surface area contributed by atoms with Crippen LogP contribution in [0.25, 0.3) is 0 Å². The van der Waals surface area contributed by atoms with E-state index in [9.17, 15) is 0 Å². The summed E-state index contributed by atoms with van der Waals surface area (Å²) in [4.78, 5) is 0. The monoisotopic (exact) mass is 532 g/mol. The van der Waals surface area contributed by atoms with Crippen molar-refractivity contribution in [1.82, 2.24) is 19.6 Å². The number of hydrogen-bond acceptors (Lipinski definition) is 3. The van der Waals surface area contributed by atoms with Gasteiger partial charge in [-0.25, -0.2) is 0 Å². The molecule has 0 aliphatic carbocycles. The van der Waals surface area contributed by atoms with E-state index in [1.807, 2.05) is 18.5 Å². The summed E-state index contributed by atoms with van der Waals surface area (Å²) in [6, 6.07) is 13.8. The molecule has 0 aliphatic rings. The Morgan fingerprint density at radius 1 is 0.882 bits per heavy atom. The molecular weight excluding hydrogens is 511 g/mol. The third-order valence-electron chi connectivity index (χ3n) is 5.40. The van der Waals surface area contributed by atoms with Gasteiger partial charge in [-0.2, -0.15) is 10.2 Å². The topological polar surface area (TPSA) is 59.7 Å². The summed E-state index contributed by atoms with van der Waals surface area (Å²) in [5.74, 6) is 0.435. The van der Waals surface area contributed by atoms with Crippen molar-refractivity contribution in [2.75, 3.05) is 10.6 Å². The van der Waals surface area contributed by atoms with Crippen molar-refractivity contribution >= 4 is 63.6 Å². The molecule has 0 atom stereocenters. The average Bonchev–Trinajstić information content (AvgIpc) is 3.25. The van der Waals surface area contributed by atoms with Crippen molar-refractivity contribution in [2.45, 2.75) is 33.9 Å². The van der Waals surface area contributed by atoms with Crippen LogP contribution in [-0.2, 0) is 13.1 Å². The first-order chi connectivity index (χ1) is 16.2. The summed E-state index contributed by atoms with van der Waals surface area (Å²) in [5.41, 5.74) is 5.85. The highest BCUT2D eigenvalue weighted by Gasteiger charge is 2.16. The van der Waals surface area contributed by atoms with E-state index in [-0.39, 0.29) is 0 Å². The van der Waals surface area contributed by atoms with Crippen LogP contribution in [0.5, 0.6) is 0 Å². The molecule has 4 rings (SSSR count). The second-order valence-electron chi connectivity index (χ2n) is 7.99. The van der Waals surface area contributed by atoms with Gasteiger partial charge in [-0.3, -0.25) is 9.36 Å². The lowest BCUT2D eigenvalue weighted by molar-refractivity contribution is 0.659. The molecule has 0 unspecified atom stereocenters. The highest BCUT2D eigenvalue weighted by atomic mass is 35.5. The lowest BCUT2D eigenvalue weighted by Crippen LogP contribution is -2.20. The van der Waals surface area contributed by atoms with E-state index in [1.54, 1.807) is 29.1 Å². The third-order valence-corrected chi connectivity index (χ3v) is 6.59. The van der Waals surface area contributed by atoms with E-state index in [4.69, 9.17) is 47.0 Å². The number of halogens is 3. The van der Waals surface area contributed by atoms with Gasteiger partial charge in [0, 0.05) is 21.8 Å². The molecule has 10 heteroatoms. The minimum atomic E-state index is 0.365. The Morgan fingerprint density at radius 3 is 2.24 bits per heavy atom. The second-order valence-corrected chi connectivity index (χ2v) is 9.62. The fraction of sp³-hybridized carbons (Fsp3) is 0.208. The highest BCUT2D eigenvalue weighted by Crippen LogP contribution is 2.27. The number of aromatic nitrogens is 4. The summed E-state index contributed by atoms with van der Waals surface area (Å²) in [6.07, 6.45) is 1.70. The number of anilines is 2. The predicted octanol–water partition coefficient (Wildman–Crippen LogP) is 6.87. The maximum atomic E-state index is 6.39. The summed E-state index contributed by atoms with van der Waals surface area (Å²) in [5, 5.41) is 17.4. The average molecular weight is 534 g/mol. The molecular formula is C24H23Cl3N6S. The van der Waals surface area contributed by atoms with E-state index < -0.39 is 0 Å². The fourth-order valence-corrected chi connectivity index (χ4v) is 4.47.